The molecule has 2 aliphatic carbocycles. The Morgan fingerprint density at radius 3 is 0.969 bits per heavy atom. The van der Waals surface area contributed by atoms with Crippen LogP contribution in [0.3, 0.4) is 0 Å². The Morgan fingerprint density at radius 1 is 0.198 bits per heavy atom. The zero-order valence-electron chi connectivity index (χ0n) is 53.7. The van der Waals surface area contributed by atoms with E-state index in [4.69, 9.17) is 24.9 Å². The van der Waals surface area contributed by atoms with Crippen LogP contribution < -0.4 is 0 Å². The second-order valence-corrected chi connectivity index (χ2v) is 26.8. The van der Waals surface area contributed by atoms with Crippen LogP contribution in [0.15, 0.2) is 309 Å². The fourth-order valence-electron chi connectivity index (χ4n) is 15.0. The molecular formula is C91H63N5. The maximum atomic E-state index is 5.36. The summed E-state index contributed by atoms with van der Waals surface area (Å²) in [4.78, 5) is 25.6. The van der Waals surface area contributed by atoms with Gasteiger partial charge in [-0.1, -0.05) is 276 Å². The molecule has 2 heterocycles. The normalized spacial score (nSPS) is 13.2. The van der Waals surface area contributed by atoms with Crippen molar-refractivity contribution >= 4 is 64.8 Å². The van der Waals surface area contributed by atoms with E-state index in [2.05, 4.69) is 337 Å². The van der Waals surface area contributed by atoms with Gasteiger partial charge in [0.25, 0.3) is 0 Å². The molecule has 0 amide bonds. The summed E-state index contributed by atoms with van der Waals surface area (Å²) < 4.78 is 0. The predicted molar refractivity (Wildman–Crippen MR) is 400 cm³/mol. The quantitative estimate of drug-likeness (QED) is 0.159. The molecule has 15 aromatic carbocycles. The molecule has 0 spiro atoms. The van der Waals surface area contributed by atoms with Crippen molar-refractivity contribution in [3.63, 3.8) is 0 Å². The van der Waals surface area contributed by atoms with E-state index in [1.165, 1.54) is 104 Å². The Labute approximate surface area is 557 Å². The van der Waals surface area contributed by atoms with E-state index in [9.17, 15) is 0 Å². The van der Waals surface area contributed by atoms with Gasteiger partial charge in [-0.05, 0) is 181 Å². The van der Waals surface area contributed by atoms with Crippen LogP contribution in [0.5, 0.6) is 0 Å². The maximum Gasteiger partial charge on any atom is 0.164 e. The molecule has 0 aliphatic heterocycles. The van der Waals surface area contributed by atoms with Crippen LogP contribution in [0.2, 0.25) is 0 Å². The SMILES string of the molecule is CC1(C)c2cc(-c3nc(-c4ccc5c(c4)C(C)(C)c4cc6ccccc6cc4-5)c4ccccc4n3)ccc2-c2cc3ccccc3cc21.c1ccc2cc(-c3ccc(-c4nc(-c5ccc(-c6ccc7ccccc7c6)cc5)nc(-c5ccc6ccccc6c5)n4)cc3)ccc2c1. The Morgan fingerprint density at radius 2 is 0.500 bits per heavy atom. The van der Waals surface area contributed by atoms with Crippen LogP contribution in [-0.2, 0) is 10.8 Å². The number of aromatic nitrogens is 5. The first kappa shape index (κ1) is 56.7. The Kier molecular flexibility index (Phi) is 13.2. The van der Waals surface area contributed by atoms with Crippen molar-refractivity contribution in [2.75, 3.05) is 0 Å². The number of rotatable bonds is 7. The minimum atomic E-state index is -0.129. The molecule has 17 aromatic rings. The lowest BCUT2D eigenvalue weighted by Gasteiger charge is -2.23. The van der Waals surface area contributed by atoms with Crippen LogP contribution in [-0.4, -0.2) is 24.9 Å². The summed E-state index contributed by atoms with van der Waals surface area (Å²) in [6, 6.07) is 111. The molecule has 0 radical (unpaired) electrons. The fraction of sp³-hybridized carbons (Fsp3) is 0.0659. The van der Waals surface area contributed by atoms with Crippen LogP contribution in [0.4, 0.5) is 0 Å². The standard InChI is InChI=1S/C46H34N2.C45H29N3/c1-45(2)38-25-31(17-19-33(38)36-21-27-11-5-7-13-29(27)23-40(36)45)43-35-15-9-10-16-42(35)47-44(48-43)32-18-20-34-37-22-28-12-6-8-14-30(28)24-41(37)46(3,4)39(34)26-32;1-4-10-37-27-40(24-17-30(37)7-1)33-13-20-35(21-14-33)43-46-44(48-45(47-43)42-26-19-32-9-3-6-12-39(32)29-42)36-22-15-34(16-23-36)41-25-18-31-8-2-5-11-38(31)28-41/h5-26H,1-4H3;1-29H. The molecule has 96 heavy (non-hydrogen) atoms. The van der Waals surface area contributed by atoms with E-state index >= 15 is 0 Å². The van der Waals surface area contributed by atoms with E-state index in [0.717, 1.165) is 66.8 Å². The summed E-state index contributed by atoms with van der Waals surface area (Å²) >= 11 is 0. The highest BCUT2D eigenvalue weighted by Crippen LogP contribution is 2.53. The van der Waals surface area contributed by atoms with Crippen molar-refractivity contribution < 1.29 is 0 Å². The molecule has 452 valence electrons. The molecule has 19 rings (SSSR count). The monoisotopic (exact) mass is 1230 g/mol. The average molecular weight is 1230 g/mol. The second-order valence-electron chi connectivity index (χ2n) is 26.8. The molecule has 0 saturated carbocycles. The third-order valence-electron chi connectivity index (χ3n) is 20.3. The Bertz CT molecular complexity index is 5880. The second kappa shape index (κ2) is 22.3. The first-order valence-corrected chi connectivity index (χ1v) is 33.1. The summed E-state index contributed by atoms with van der Waals surface area (Å²) in [6.45, 7) is 9.40. The molecule has 0 fully saturated rings. The zero-order valence-corrected chi connectivity index (χ0v) is 53.7. The van der Waals surface area contributed by atoms with Crippen LogP contribution in [0.1, 0.15) is 49.9 Å². The average Bonchev–Trinajstić information content (AvgIpc) is 1.56. The first-order chi connectivity index (χ1) is 47.0. The third-order valence-corrected chi connectivity index (χ3v) is 20.3. The molecule has 5 heteroatoms. The van der Waals surface area contributed by atoms with Gasteiger partial charge in [0.2, 0.25) is 0 Å². The number of benzene rings is 15. The number of para-hydroxylation sites is 1. The van der Waals surface area contributed by atoms with Gasteiger partial charge in [0.05, 0.1) is 11.2 Å². The first-order valence-electron chi connectivity index (χ1n) is 33.1. The van der Waals surface area contributed by atoms with E-state index in [1.807, 2.05) is 0 Å². The molecule has 5 nitrogen and oxygen atoms in total. The lowest BCUT2D eigenvalue weighted by molar-refractivity contribution is 0.661. The Balaban J connectivity index is 0.000000140. The van der Waals surface area contributed by atoms with Gasteiger partial charge in [0, 0.05) is 44.0 Å². The fourth-order valence-corrected chi connectivity index (χ4v) is 15.0. The molecular weight excluding hydrogens is 1160 g/mol. The molecule has 2 aromatic heterocycles. The number of hydrogen-bond donors (Lipinski definition) is 0. The van der Waals surface area contributed by atoms with Gasteiger partial charge in [-0.25, -0.2) is 24.9 Å². The minimum Gasteiger partial charge on any atom is -0.228 e. The minimum absolute atomic E-state index is 0.123. The van der Waals surface area contributed by atoms with Gasteiger partial charge in [0.15, 0.2) is 23.3 Å². The van der Waals surface area contributed by atoms with E-state index < -0.39 is 0 Å². The molecule has 0 saturated heterocycles. The highest BCUT2D eigenvalue weighted by atomic mass is 15.0. The van der Waals surface area contributed by atoms with E-state index in [1.54, 1.807) is 0 Å². The number of fused-ring (bicyclic) bond motifs is 12. The van der Waals surface area contributed by atoms with Crippen molar-refractivity contribution in [3.8, 4) is 101 Å². The van der Waals surface area contributed by atoms with Crippen molar-refractivity contribution in [1.82, 2.24) is 24.9 Å². The number of nitrogens with zero attached hydrogens (tertiary/aromatic N) is 5. The van der Waals surface area contributed by atoms with Crippen molar-refractivity contribution in [3.05, 3.63) is 332 Å². The molecule has 0 N–H and O–H groups in total. The van der Waals surface area contributed by atoms with Gasteiger partial charge in [-0.2, -0.15) is 0 Å². The van der Waals surface area contributed by atoms with Gasteiger partial charge in [-0.3, -0.25) is 0 Å². The van der Waals surface area contributed by atoms with E-state index in [-0.39, 0.29) is 10.8 Å². The highest BCUT2D eigenvalue weighted by Gasteiger charge is 2.38. The molecule has 0 unspecified atom stereocenters. The molecule has 2 aliphatic rings. The lowest BCUT2D eigenvalue weighted by atomic mass is 9.81. The molecule has 0 bridgehead atoms. The highest BCUT2D eigenvalue weighted by molar-refractivity contribution is 5.99. The summed E-state index contributed by atoms with van der Waals surface area (Å²) in [5, 5.41) is 13.5. The lowest BCUT2D eigenvalue weighted by Crippen LogP contribution is -2.15. The van der Waals surface area contributed by atoms with Gasteiger partial charge in [0.1, 0.15) is 0 Å². The topological polar surface area (TPSA) is 64.5 Å². The van der Waals surface area contributed by atoms with Gasteiger partial charge >= 0.3 is 0 Å². The smallest absolute Gasteiger partial charge is 0.164 e. The van der Waals surface area contributed by atoms with Gasteiger partial charge in [-0.15, -0.1) is 0 Å². The summed E-state index contributed by atoms with van der Waals surface area (Å²) in [7, 11) is 0. The van der Waals surface area contributed by atoms with Crippen molar-refractivity contribution in [1.29, 1.82) is 0 Å². The van der Waals surface area contributed by atoms with Gasteiger partial charge < -0.3 is 0 Å². The summed E-state index contributed by atoms with van der Waals surface area (Å²) in [5.41, 5.74) is 22.1. The zero-order chi connectivity index (χ0) is 64.2. The maximum absolute atomic E-state index is 5.36. The number of hydrogen-bond acceptors (Lipinski definition) is 5. The Hall–Kier alpha value is -12.1. The van der Waals surface area contributed by atoms with Crippen molar-refractivity contribution in [2.45, 2.75) is 38.5 Å². The summed E-state index contributed by atoms with van der Waals surface area (Å²) in [6.07, 6.45) is 0. The largest absolute Gasteiger partial charge is 0.228 e. The van der Waals surface area contributed by atoms with Crippen LogP contribution >= 0.6 is 0 Å². The molecule has 0 atom stereocenters. The predicted octanol–water partition coefficient (Wildman–Crippen LogP) is 23.5. The van der Waals surface area contributed by atoms with E-state index in [0.29, 0.717) is 17.5 Å². The van der Waals surface area contributed by atoms with Crippen molar-refractivity contribution in [2.24, 2.45) is 0 Å². The summed E-state index contributed by atoms with van der Waals surface area (Å²) in [5.74, 6) is 2.70. The van der Waals surface area contributed by atoms with Crippen LogP contribution in [0, 0.1) is 0 Å². The van der Waals surface area contributed by atoms with Crippen LogP contribution in [0.25, 0.3) is 166 Å². The third kappa shape index (κ3) is 9.73.